The highest BCUT2D eigenvalue weighted by Crippen LogP contribution is 2.28. The zero-order valence-electron chi connectivity index (χ0n) is 17.0. The number of esters is 1. The highest BCUT2D eigenvalue weighted by atomic mass is 16.6. The summed E-state index contributed by atoms with van der Waals surface area (Å²) in [5.41, 5.74) is 1.43. The minimum atomic E-state index is -1.28. The summed E-state index contributed by atoms with van der Waals surface area (Å²) < 4.78 is 6.99. The van der Waals surface area contributed by atoms with Gasteiger partial charge in [-0.15, -0.1) is 0 Å². The number of benzene rings is 2. The van der Waals surface area contributed by atoms with Crippen LogP contribution in [0.15, 0.2) is 67.0 Å². The highest BCUT2D eigenvalue weighted by molar-refractivity contribution is 5.97. The van der Waals surface area contributed by atoms with Crippen LogP contribution >= 0.6 is 0 Å². The van der Waals surface area contributed by atoms with E-state index >= 15 is 0 Å². The number of carbonyl (C=O) groups excluding carboxylic acids is 3. The van der Waals surface area contributed by atoms with Gasteiger partial charge in [0.25, 0.3) is 5.91 Å². The number of carbonyl (C=O) groups is 3. The summed E-state index contributed by atoms with van der Waals surface area (Å²) in [6.07, 6.45) is 3.63. The number of rotatable bonds is 6. The van der Waals surface area contributed by atoms with Crippen molar-refractivity contribution in [1.82, 2.24) is 15.1 Å². The van der Waals surface area contributed by atoms with Crippen LogP contribution in [0.3, 0.4) is 0 Å². The Hall–Kier alpha value is -3.94. The molecule has 0 saturated carbocycles. The fraction of sp³-hybridized carbons (Fsp3) is 0.217. The molecule has 31 heavy (non-hydrogen) atoms. The van der Waals surface area contributed by atoms with Crippen LogP contribution in [-0.2, 0) is 33.8 Å². The fourth-order valence-electron chi connectivity index (χ4n) is 3.53. The molecule has 0 aliphatic carbocycles. The van der Waals surface area contributed by atoms with Crippen molar-refractivity contribution in [2.24, 2.45) is 0 Å². The first-order chi connectivity index (χ1) is 14.9. The molecule has 0 bridgehead atoms. The summed E-state index contributed by atoms with van der Waals surface area (Å²) >= 11 is 0. The molecule has 3 aromatic rings. The molecule has 1 aromatic heterocycles. The van der Waals surface area contributed by atoms with Crippen molar-refractivity contribution in [3.63, 3.8) is 0 Å². The maximum Gasteiger partial charge on any atom is 0.339 e. The number of aromatic nitrogens is 2. The summed E-state index contributed by atoms with van der Waals surface area (Å²) in [6.45, 7) is 1.96. The van der Waals surface area contributed by atoms with Crippen molar-refractivity contribution in [1.29, 1.82) is 0 Å². The zero-order chi connectivity index (χ0) is 21.8. The number of nitrogens with one attached hydrogen (secondary N) is 2. The molecule has 2 N–H and O–H groups in total. The van der Waals surface area contributed by atoms with Crippen LogP contribution in [0, 0.1) is 0 Å². The van der Waals surface area contributed by atoms with E-state index in [2.05, 4.69) is 15.7 Å². The molecule has 0 spiro atoms. The van der Waals surface area contributed by atoms with Gasteiger partial charge < -0.3 is 15.4 Å². The van der Waals surface area contributed by atoms with E-state index in [1.807, 2.05) is 18.2 Å². The van der Waals surface area contributed by atoms with Gasteiger partial charge in [0.2, 0.25) is 5.91 Å². The summed E-state index contributed by atoms with van der Waals surface area (Å²) in [7, 11) is 0. The largest absolute Gasteiger partial charge is 0.445 e. The lowest BCUT2D eigenvalue weighted by Gasteiger charge is -2.33. The molecule has 1 aliphatic rings. The van der Waals surface area contributed by atoms with Crippen molar-refractivity contribution < 1.29 is 19.1 Å². The van der Waals surface area contributed by atoms with Crippen molar-refractivity contribution in [2.75, 3.05) is 5.32 Å². The molecule has 2 heterocycles. The third-order valence-corrected chi connectivity index (χ3v) is 5.09. The lowest BCUT2D eigenvalue weighted by atomic mass is 9.89. The Morgan fingerprint density at radius 3 is 2.81 bits per heavy atom. The molecule has 0 radical (unpaired) electrons. The Morgan fingerprint density at radius 2 is 2.00 bits per heavy atom. The average Bonchev–Trinajstić information content (AvgIpc) is 3.25. The summed E-state index contributed by atoms with van der Waals surface area (Å²) in [4.78, 5) is 37.3. The van der Waals surface area contributed by atoms with E-state index in [-0.39, 0.29) is 24.9 Å². The van der Waals surface area contributed by atoms with Gasteiger partial charge in [-0.05, 0) is 42.3 Å². The molecular weight excluding hydrogens is 396 g/mol. The Labute approximate surface area is 179 Å². The molecule has 8 heteroatoms. The van der Waals surface area contributed by atoms with Gasteiger partial charge in [-0.2, -0.15) is 5.10 Å². The molecule has 1 aliphatic heterocycles. The normalized spacial score (nSPS) is 17.4. The monoisotopic (exact) mass is 418 g/mol. The minimum absolute atomic E-state index is 0.110. The van der Waals surface area contributed by atoms with Crippen molar-refractivity contribution in [3.05, 3.63) is 83.7 Å². The lowest BCUT2D eigenvalue weighted by Crippen LogP contribution is -2.51. The van der Waals surface area contributed by atoms with E-state index < -0.39 is 11.6 Å². The first-order valence-electron chi connectivity index (χ1n) is 9.89. The SMILES string of the molecule is CC1(C(=O)NCc2cccc(NC(=O)Cn3cccn3)c2)Cc2ccccc2C(=O)O1. The van der Waals surface area contributed by atoms with Crippen LogP contribution in [0.25, 0.3) is 0 Å². The van der Waals surface area contributed by atoms with Crippen LogP contribution in [0.5, 0.6) is 0 Å². The van der Waals surface area contributed by atoms with Gasteiger partial charge >= 0.3 is 5.97 Å². The van der Waals surface area contributed by atoms with E-state index in [0.29, 0.717) is 17.7 Å². The molecule has 0 saturated heterocycles. The number of hydrogen-bond acceptors (Lipinski definition) is 5. The van der Waals surface area contributed by atoms with Gasteiger partial charge in [0, 0.05) is 31.0 Å². The number of hydrogen-bond donors (Lipinski definition) is 2. The summed E-state index contributed by atoms with van der Waals surface area (Å²) in [5, 5.41) is 9.66. The van der Waals surface area contributed by atoms with E-state index in [1.54, 1.807) is 55.7 Å². The molecular formula is C23H22N4O4. The molecule has 158 valence electrons. The van der Waals surface area contributed by atoms with Crippen LogP contribution in [0.1, 0.15) is 28.4 Å². The number of fused-ring (bicyclic) bond motifs is 1. The van der Waals surface area contributed by atoms with Gasteiger partial charge in [0.1, 0.15) is 6.54 Å². The number of cyclic esters (lactones) is 1. The van der Waals surface area contributed by atoms with Crippen LogP contribution in [-0.4, -0.2) is 33.2 Å². The quantitative estimate of drug-likeness (QED) is 0.598. The first-order valence-corrected chi connectivity index (χ1v) is 9.89. The topological polar surface area (TPSA) is 102 Å². The molecule has 4 rings (SSSR count). The standard InChI is InChI=1S/C23H22N4O4/c1-23(13-17-7-2-3-9-19(17)21(29)31-23)22(30)24-14-16-6-4-8-18(12-16)26-20(28)15-27-11-5-10-25-27/h2-12H,13-15H2,1H3,(H,24,30)(H,26,28). The Balaban J connectivity index is 1.37. The third-order valence-electron chi connectivity index (χ3n) is 5.09. The van der Waals surface area contributed by atoms with Gasteiger partial charge in [-0.3, -0.25) is 14.3 Å². The fourth-order valence-corrected chi connectivity index (χ4v) is 3.53. The number of amides is 2. The van der Waals surface area contributed by atoms with Crippen molar-refractivity contribution in [3.8, 4) is 0 Å². The van der Waals surface area contributed by atoms with Gasteiger partial charge in [0.05, 0.1) is 5.56 Å². The third kappa shape index (κ3) is 4.63. The second-order valence-electron chi connectivity index (χ2n) is 7.59. The minimum Gasteiger partial charge on any atom is -0.445 e. The predicted molar refractivity (Wildman–Crippen MR) is 113 cm³/mol. The van der Waals surface area contributed by atoms with Gasteiger partial charge in [-0.25, -0.2) is 4.79 Å². The highest BCUT2D eigenvalue weighted by Gasteiger charge is 2.42. The number of anilines is 1. The molecule has 1 unspecified atom stereocenters. The Morgan fingerprint density at radius 1 is 1.16 bits per heavy atom. The van der Waals surface area contributed by atoms with Crippen LogP contribution < -0.4 is 10.6 Å². The Kier molecular flexibility index (Phi) is 5.53. The summed E-state index contributed by atoms with van der Waals surface area (Å²) in [6, 6.07) is 16.1. The molecule has 1 atom stereocenters. The zero-order valence-corrected chi connectivity index (χ0v) is 17.0. The molecule has 8 nitrogen and oxygen atoms in total. The lowest BCUT2D eigenvalue weighted by molar-refractivity contribution is -0.140. The maximum atomic E-state index is 12.8. The second-order valence-corrected chi connectivity index (χ2v) is 7.59. The summed E-state index contributed by atoms with van der Waals surface area (Å²) in [5.74, 6) is -1.07. The Bertz CT molecular complexity index is 1130. The average molecular weight is 418 g/mol. The van der Waals surface area contributed by atoms with Crippen LogP contribution in [0.4, 0.5) is 5.69 Å². The predicted octanol–water partition coefficient (Wildman–Crippen LogP) is 2.31. The van der Waals surface area contributed by atoms with Crippen LogP contribution in [0.2, 0.25) is 0 Å². The van der Waals surface area contributed by atoms with E-state index in [4.69, 9.17) is 4.74 Å². The smallest absolute Gasteiger partial charge is 0.339 e. The first kappa shape index (κ1) is 20.3. The van der Waals surface area contributed by atoms with E-state index in [0.717, 1.165) is 11.1 Å². The van der Waals surface area contributed by atoms with E-state index in [9.17, 15) is 14.4 Å². The van der Waals surface area contributed by atoms with Gasteiger partial charge in [-0.1, -0.05) is 30.3 Å². The number of nitrogens with zero attached hydrogens (tertiary/aromatic N) is 2. The molecule has 2 amide bonds. The maximum absolute atomic E-state index is 12.8. The van der Waals surface area contributed by atoms with Crippen molar-refractivity contribution >= 4 is 23.5 Å². The van der Waals surface area contributed by atoms with Gasteiger partial charge in [0.15, 0.2) is 5.60 Å². The number of ether oxygens (including phenoxy) is 1. The molecule has 2 aromatic carbocycles. The second kappa shape index (κ2) is 8.43. The molecule has 0 fully saturated rings. The van der Waals surface area contributed by atoms with Crippen molar-refractivity contribution in [2.45, 2.75) is 32.0 Å². The van der Waals surface area contributed by atoms with E-state index in [1.165, 1.54) is 4.68 Å².